The molecule has 1 heterocycles. The number of fused-ring (bicyclic) bond motifs is 1. The van der Waals surface area contributed by atoms with Crippen molar-refractivity contribution in [2.24, 2.45) is 23.2 Å². The quantitative estimate of drug-likeness (QED) is 0.384. The highest BCUT2D eigenvalue weighted by atomic mass is 32.1. The van der Waals surface area contributed by atoms with Crippen LogP contribution in [0.3, 0.4) is 0 Å². The Bertz CT molecular complexity index is 781. The van der Waals surface area contributed by atoms with Gasteiger partial charge in [-0.3, -0.25) is 0 Å². The number of thiocarbonyl (C=S) groups is 1. The van der Waals surface area contributed by atoms with Gasteiger partial charge in [0.2, 0.25) is 0 Å². The van der Waals surface area contributed by atoms with E-state index in [9.17, 15) is 4.79 Å². The van der Waals surface area contributed by atoms with Gasteiger partial charge in [0.1, 0.15) is 5.00 Å². The van der Waals surface area contributed by atoms with Gasteiger partial charge in [-0.25, -0.2) is 4.79 Å². The Morgan fingerprint density at radius 3 is 2.41 bits per heavy atom. The van der Waals surface area contributed by atoms with Crippen molar-refractivity contribution in [1.29, 1.82) is 0 Å². The summed E-state index contributed by atoms with van der Waals surface area (Å²) in [6.45, 7) is 0.973. The molecule has 0 saturated heterocycles. The fourth-order valence-electron chi connectivity index (χ4n) is 7.07. The lowest BCUT2D eigenvalue weighted by molar-refractivity contribution is -0.0490. The number of nitrogens with one attached hydrogen (secondary N) is 2. The van der Waals surface area contributed by atoms with E-state index in [1.807, 2.05) is 0 Å². The van der Waals surface area contributed by atoms with Gasteiger partial charge >= 0.3 is 5.97 Å². The molecule has 4 bridgehead atoms. The van der Waals surface area contributed by atoms with Gasteiger partial charge in [-0.15, -0.1) is 11.3 Å². The maximum Gasteiger partial charge on any atom is 0.341 e. The van der Waals surface area contributed by atoms with E-state index >= 15 is 0 Å². The van der Waals surface area contributed by atoms with Gasteiger partial charge in [-0.1, -0.05) is 6.42 Å². The topological polar surface area (TPSA) is 50.4 Å². The number of methoxy groups -OCH3 is 1. The molecule has 158 valence electrons. The van der Waals surface area contributed by atoms with E-state index in [4.69, 9.17) is 17.0 Å². The number of hydrogen-bond acceptors (Lipinski definition) is 4. The van der Waals surface area contributed by atoms with Crippen LogP contribution in [0.1, 0.15) is 78.6 Å². The second kappa shape index (κ2) is 7.84. The zero-order chi connectivity index (χ0) is 20.0. The summed E-state index contributed by atoms with van der Waals surface area (Å²) >= 11 is 7.37. The normalized spacial score (nSPS) is 32.4. The Labute approximate surface area is 183 Å². The molecule has 5 aliphatic carbocycles. The Hall–Kier alpha value is -1.14. The first-order chi connectivity index (χ1) is 14.0. The van der Waals surface area contributed by atoms with Crippen molar-refractivity contribution in [2.45, 2.75) is 70.6 Å². The molecular weight excluding hydrogens is 400 g/mol. The monoisotopic (exact) mass is 432 g/mol. The number of carbonyl (C=O) groups excluding carboxylic acids is 1. The smallest absolute Gasteiger partial charge is 0.341 e. The van der Waals surface area contributed by atoms with Crippen LogP contribution in [0.5, 0.6) is 0 Å². The summed E-state index contributed by atoms with van der Waals surface area (Å²) in [5.74, 6) is 2.60. The fourth-order valence-corrected chi connectivity index (χ4v) is 8.59. The van der Waals surface area contributed by atoms with Crippen LogP contribution in [-0.2, 0) is 17.6 Å². The molecule has 4 nitrogen and oxygen atoms in total. The SMILES string of the molecule is COC(=O)c1c(NC(=S)NCC23CC4CC(CC(C4)C2)C3)sc2c1CCCCC2. The van der Waals surface area contributed by atoms with E-state index in [-0.39, 0.29) is 5.97 Å². The van der Waals surface area contributed by atoms with Crippen molar-refractivity contribution in [3.8, 4) is 0 Å². The third-order valence-electron chi connectivity index (χ3n) is 7.83. The number of ether oxygens (including phenoxy) is 1. The van der Waals surface area contributed by atoms with Crippen molar-refractivity contribution in [3.05, 3.63) is 16.0 Å². The lowest BCUT2D eigenvalue weighted by Gasteiger charge is -2.57. The average Bonchev–Trinajstić information content (AvgIpc) is 2.85. The largest absolute Gasteiger partial charge is 0.465 e. The minimum Gasteiger partial charge on any atom is -0.465 e. The van der Waals surface area contributed by atoms with E-state index in [0.717, 1.165) is 48.6 Å². The first kappa shape index (κ1) is 19.8. The molecule has 4 saturated carbocycles. The van der Waals surface area contributed by atoms with Gasteiger partial charge in [-0.2, -0.15) is 0 Å². The van der Waals surface area contributed by atoms with E-state index in [1.165, 1.54) is 68.9 Å². The lowest BCUT2D eigenvalue weighted by atomic mass is 9.49. The molecule has 0 aromatic carbocycles. The highest BCUT2D eigenvalue weighted by Gasteiger charge is 2.50. The Morgan fingerprint density at radius 1 is 1.10 bits per heavy atom. The maximum atomic E-state index is 12.5. The number of aryl methyl sites for hydroxylation is 1. The molecule has 4 fully saturated rings. The van der Waals surface area contributed by atoms with Crippen LogP contribution in [0.15, 0.2) is 0 Å². The fraction of sp³-hybridized carbons (Fsp3) is 0.739. The Morgan fingerprint density at radius 2 is 1.76 bits per heavy atom. The second-order valence-electron chi connectivity index (χ2n) is 9.99. The van der Waals surface area contributed by atoms with Crippen molar-refractivity contribution < 1.29 is 9.53 Å². The van der Waals surface area contributed by atoms with Gasteiger partial charge in [0.05, 0.1) is 12.7 Å². The molecule has 6 heteroatoms. The van der Waals surface area contributed by atoms with Crippen LogP contribution >= 0.6 is 23.6 Å². The van der Waals surface area contributed by atoms with Gasteiger partial charge < -0.3 is 15.4 Å². The van der Waals surface area contributed by atoms with Crippen LogP contribution in [0.2, 0.25) is 0 Å². The summed E-state index contributed by atoms with van der Waals surface area (Å²) in [5.41, 5.74) is 2.34. The maximum absolute atomic E-state index is 12.5. The molecule has 0 unspecified atom stereocenters. The number of hydrogen-bond donors (Lipinski definition) is 2. The molecule has 0 radical (unpaired) electrons. The highest BCUT2D eigenvalue weighted by molar-refractivity contribution is 7.80. The van der Waals surface area contributed by atoms with E-state index in [0.29, 0.717) is 16.1 Å². The molecule has 29 heavy (non-hydrogen) atoms. The van der Waals surface area contributed by atoms with Crippen molar-refractivity contribution >= 4 is 39.6 Å². The number of esters is 1. The van der Waals surface area contributed by atoms with Gasteiger partial charge in [0, 0.05) is 11.4 Å². The predicted molar refractivity (Wildman–Crippen MR) is 122 cm³/mol. The molecule has 0 aliphatic heterocycles. The zero-order valence-corrected chi connectivity index (χ0v) is 19.0. The summed E-state index contributed by atoms with van der Waals surface area (Å²) in [6, 6.07) is 0. The molecule has 0 spiro atoms. The molecule has 1 aromatic rings. The number of thiophene rings is 1. The molecule has 2 N–H and O–H groups in total. The summed E-state index contributed by atoms with van der Waals surface area (Å²) in [6.07, 6.45) is 14.1. The number of carbonyl (C=O) groups is 1. The zero-order valence-electron chi connectivity index (χ0n) is 17.4. The molecule has 0 amide bonds. The molecule has 0 atom stereocenters. The minimum atomic E-state index is -0.240. The standard InChI is InChI=1S/C23H32N2O2S2/c1-27-21(26)19-17-5-3-2-4-6-18(17)29-20(19)25-22(28)24-13-23-10-14-7-15(11-23)9-16(8-14)12-23/h14-16H,2-13H2,1H3,(H2,24,25,28). The minimum absolute atomic E-state index is 0.240. The Balaban J connectivity index is 1.28. The third kappa shape index (κ3) is 3.83. The van der Waals surface area contributed by atoms with E-state index in [2.05, 4.69) is 10.6 Å². The first-order valence-corrected chi connectivity index (χ1v) is 12.6. The Kier molecular flexibility index (Phi) is 5.35. The molecular formula is C23H32N2O2S2. The summed E-state index contributed by atoms with van der Waals surface area (Å²) in [5, 5.41) is 8.44. The van der Waals surface area contributed by atoms with Crippen LogP contribution in [0.25, 0.3) is 0 Å². The van der Waals surface area contributed by atoms with Crippen LogP contribution in [0.4, 0.5) is 5.00 Å². The average molecular weight is 433 g/mol. The predicted octanol–water partition coefficient (Wildman–Crippen LogP) is 5.31. The first-order valence-electron chi connectivity index (χ1n) is 11.3. The molecule has 1 aromatic heterocycles. The van der Waals surface area contributed by atoms with E-state index in [1.54, 1.807) is 11.3 Å². The van der Waals surface area contributed by atoms with Gasteiger partial charge in [0.15, 0.2) is 5.11 Å². The van der Waals surface area contributed by atoms with Crippen LogP contribution in [0, 0.1) is 23.2 Å². The third-order valence-corrected chi connectivity index (χ3v) is 9.28. The molecule has 5 aliphatic rings. The van der Waals surface area contributed by atoms with E-state index < -0.39 is 0 Å². The summed E-state index contributed by atoms with van der Waals surface area (Å²) < 4.78 is 5.11. The number of rotatable bonds is 4. The van der Waals surface area contributed by atoms with Crippen molar-refractivity contribution in [1.82, 2.24) is 5.32 Å². The van der Waals surface area contributed by atoms with Gasteiger partial charge in [-0.05, 0) is 105 Å². The number of anilines is 1. The highest BCUT2D eigenvalue weighted by Crippen LogP contribution is 2.59. The van der Waals surface area contributed by atoms with Crippen LogP contribution in [-0.4, -0.2) is 24.7 Å². The summed E-state index contributed by atoms with van der Waals surface area (Å²) in [7, 11) is 1.47. The van der Waals surface area contributed by atoms with Crippen molar-refractivity contribution in [3.63, 3.8) is 0 Å². The summed E-state index contributed by atoms with van der Waals surface area (Å²) in [4.78, 5) is 13.9. The van der Waals surface area contributed by atoms with Crippen molar-refractivity contribution in [2.75, 3.05) is 19.0 Å². The van der Waals surface area contributed by atoms with Gasteiger partial charge in [0.25, 0.3) is 0 Å². The van der Waals surface area contributed by atoms with Crippen LogP contribution < -0.4 is 10.6 Å². The second-order valence-corrected chi connectivity index (χ2v) is 11.5. The molecule has 6 rings (SSSR count). The lowest BCUT2D eigenvalue weighted by Crippen LogP contribution is -2.51.